The molecule has 0 bridgehead atoms. The van der Waals surface area contributed by atoms with Gasteiger partial charge in [0.1, 0.15) is 0 Å². The van der Waals surface area contributed by atoms with Crippen LogP contribution in [0.4, 0.5) is 0 Å². The van der Waals surface area contributed by atoms with E-state index in [0.29, 0.717) is 19.5 Å². The molecule has 2 aromatic rings. The maximum atomic E-state index is 10.3. The number of nitrogens with two attached hydrogens (primary N) is 2. The number of hydrogen-bond donors (Lipinski definition) is 3. The molecule has 0 aliphatic heterocycles. The highest BCUT2D eigenvalue weighted by Gasteiger charge is 2.12. The van der Waals surface area contributed by atoms with Crippen LogP contribution in [0.5, 0.6) is 0 Å². The highest BCUT2D eigenvalue weighted by molar-refractivity contribution is 5.15. The standard InChI is InChI=1S/C26H42N4O/c27-16-7-8-18-29(21-24-11-3-1-4-12-24)19-9-10-20-30(23-26(31)15-17-28)22-25-13-5-2-6-14-25/h1-6,11-14,26,31H,7-10,15-23,27-28H2/t26-/m0/s1. The molecular formula is C26H42N4O. The van der Waals surface area contributed by atoms with Crippen LogP contribution < -0.4 is 11.5 Å². The SMILES string of the molecule is NCCCCN(CCCCN(Cc1ccccc1)C[C@@H](O)CCN)Cc1ccccc1. The minimum absolute atomic E-state index is 0.362. The molecule has 31 heavy (non-hydrogen) atoms. The zero-order chi connectivity index (χ0) is 22.2. The lowest BCUT2D eigenvalue weighted by molar-refractivity contribution is 0.101. The first-order chi connectivity index (χ1) is 15.2. The molecule has 2 aromatic carbocycles. The van der Waals surface area contributed by atoms with Crippen LogP contribution in [0.25, 0.3) is 0 Å². The summed E-state index contributed by atoms with van der Waals surface area (Å²) in [5.74, 6) is 0. The Balaban J connectivity index is 1.83. The van der Waals surface area contributed by atoms with Crippen LogP contribution in [0.1, 0.15) is 43.2 Å². The van der Waals surface area contributed by atoms with Gasteiger partial charge in [0.15, 0.2) is 0 Å². The van der Waals surface area contributed by atoms with Crippen molar-refractivity contribution in [3.63, 3.8) is 0 Å². The molecule has 0 spiro atoms. The first-order valence-electron chi connectivity index (χ1n) is 11.8. The van der Waals surface area contributed by atoms with Gasteiger partial charge in [-0.25, -0.2) is 0 Å². The van der Waals surface area contributed by atoms with Crippen molar-refractivity contribution in [1.82, 2.24) is 9.80 Å². The lowest BCUT2D eigenvalue weighted by Gasteiger charge is -2.26. The molecule has 5 nitrogen and oxygen atoms in total. The van der Waals surface area contributed by atoms with Crippen molar-refractivity contribution in [2.45, 2.75) is 51.3 Å². The largest absolute Gasteiger partial charge is 0.392 e. The number of nitrogens with zero attached hydrogens (tertiary/aromatic N) is 2. The third kappa shape index (κ3) is 11.4. The fraction of sp³-hybridized carbons (Fsp3) is 0.538. The molecule has 0 aromatic heterocycles. The first kappa shape index (κ1) is 25.5. The van der Waals surface area contributed by atoms with Gasteiger partial charge in [-0.05, 0) is 76.0 Å². The molecular weight excluding hydrogens is 384 g/mol. The predicted molar refractivity (Wildman–Crippen MR) is 131 cm³/mol. The van der Waals surface area contributed by atoms with E-state index >= 15 is 0 Å². The van der Waals surface area contributed by atoms with Gasteiger partial charge in [-0.15, -0.1) is 0 Å². The van der Waals surface area contributed by atoms with E-state index in [1.165, 1.54) is 11.1 Å². The molecule has 0 heterocycles. The summed E-state index contributed by atoms with van der Waals surface area (Å²) >= 11 is 0. The lowest BCUT2D eigenvalue weighted by atomic mass is 10.1. The molecule has 0 aliphatic carbocycles. The maximum absolute atomic E-state index is 10.3. The second-order valence-electron chi connectivity index (χ2n) is 8.42. The number of hydrogen-bond acceptors (Lipinski definition) is 5. The Morgan fingerprint density at radius 2 is 1.13 bits per heavy atom. The Bertz CT molecular complexity index is 668. The average Bonchev–Trinajstić information content (AvgIpc) is 2.78. The van der Waals surface area contributed by atoms with Crippen LogP contribution in [0.2, 0.25) is 0 Å². The summed E-state index contributed by atoms with van der Waals surface area (Å²) in [6, 6.07) is 21.2. The predicted octanol–water partition coefficient (Wildman–Crippen LogP) is 3.22. The molecule has 5 N–H and O–H groups in total. The lowest BCUT2D eigenvalue weighted by Crippen LogP contribution is -2.34. The number of unbranched alkanes of at least 4 members (excludes halogenated alkanes) is 2. The Morgan fingerprint density at radius 1 is 0.645 bits per heavy atom. The molecule has 0 saturated carbocycles. The van der Waals surface area contributed by atoms with E-state index in [9.17, 15) is 5.11 Å². The smallest absolute Gasteiger partial charge is 0.0679 e. The molecule has 0 aliphatic rings. The van der Waals surface area contributed by atoms with Crippen molar-refractivity contribution < 1.29 is 5.11 Å². The number of aliphatic hydroxyl groups excluding tert-OH is 1. The molecule has 1 atom stereocenters. The van der Waals surface area contributed by atoms with Gasteiger partial charge < -0.3 is 16.6 Å². The molecule has 0 unspecified atom stereocenters. The van der Waals surface area contributed by atoms with E-state index in [4.69, 9.17) is 11.5 Å². The van der Waals surface area contributed by atoms with Gasteiger partial charge in [0.2, 0.25) is 0 Å². The fourth-order valence-corrected chi connectivity index (χ4v) is 3.92. The first-order valence-corrected chi connectivity index (χ1v) is 11.8. The van der Waals surface area contributed by atoms with Gasteiger partial charge in [0, 0.05) is 19.6 Å². The van der Waals surface area contributed by atoms with Crippen LogP contribution >= 0.6 is 0 Å². The van der Waals surface area contributed by atoms with Crippen LogP contribution in [-0.4, -0.2) is 60.3 Å². The Hall–Kier alpha value is -1.76. The van der Waals surface area contributed by atoms with Crippen molar-refractivity contribution in [2.24, 2.45) is 11.5 Å². The van der Waals surface area contributed by atoms with Crippen molar-refractivity contribution in [1.29, 1.82) is 0 Å². The molecule has 0 amide bonds. The molecule has 2 rings (SSSR count). The zero-order valence-electron chi connectivity index (χ0n) is 19.0. The molecule has 0 saturated heterocycles. The minimum Gasteiger partial charge on any atom is -0.392 e. The van der Waals surface area contributed by atoms with Crippen molar-refractivity contribution in [2.75, 3.05) is 39.3 Å². The van der Waals surface area contributed by atoms with Gasteiger partial charge in [-0.1, -0.05) is 60.7 Å². The van der Waals surface area contributed by atoms with Gasteiger partial charge in [0.05, 0.1) is 6.10 Å². The highest BCUT2D eigenvalue weighted by Crippen LogP contribution is 2.10. The number of rotatable bonds is 17. The Morgan fingerprint density at radius 3 is 1.65 bits per heavy atom. The number of aliphatic hydroxyl groups is 1. The summed E-state index contributed by atoms with van der Waals surface area (Å²) in [5, 5.41) is 10.3. The van der Waals surface area contributed by atoms with Crippen LogP contribution in [-0.2, 0) is 13.1 Å². The van der Waals surface area contributed by atoms with E-state index in [1.54, 1.807) is 0 Å². The van der Waals surface area contributed by atoms with Crippen LogP contribution in [0, 0.1) is 0 Å². The van der Waals surface area contributed by atoms with E-state index in [0.717, 1.165) is 65.0 Å². The summed E-state index contributed by atoms with van der Waals surface area (Å²) in [5.41, 5.74) is 14.0. The topological polar surface area (TPSA) is 78.8 Å². The van der Waals surface area contributed by atoms with Gasteiger partial charge in [-0.3, -0.25) is 9.80 Å². The van der Waals surface area contributed by atoms with Crippen LogP contribution in [0.3, 0.4) is 0 Å². The van der Waals surface area contributed by atoms with E-state index in [-0.39, 0.29) is 6.10 Å². The van der Waals surface area contributed by atoms with Crippen molar-refractivity contribution in [3.05, 3.63) is 71.8 Å². The monoisotopic (exact) mass is 426 g/mol. The Labute approximate surface area is 189 Å². The van der Waals surface area contributed by atoms with Gasteiger partial charge >= 0.3 is 0 Å². The second-order valence-corrected chi connectivity index (χ2v) is 8.42. The summed E-state index contributed by atoms with van der Waals surface area (Å²) in [4.78, 5) is 4.92. The summed E-state index contributed by atoms with van der Waals surface area (Å²) in [7, 11) is 0. The molecule has 0 fully saturated rings. The summed E-state index contributed by atoms with van der Waals surface area (Å²) in [6.45, 7) is 6.99. The second kappa shape index (κ2) is 16.0. The van der Waals surface area contributed by atoms with Crippen molar-refractivity contribution >= 4 is 0 Å². The van der Waals surface area contributed by atoms with Gasteiger partial charge in [0.25, 0.3) is 0 Å². The van der Waals surface area contributed by atoms with E-state index in [2.05, 4.69) is 64.4 Å². The minimum atomic E-state index is -0.362. The fourth-order valence-electron chi connectivity index (χ4n) is 3.92. The third-order valence-electron chi connectivity index (χ3n) is 5.59. The van der Waals surface area contributed by atoms with E-state index in [1.807, 2.05) is 6.07 Å². The quantitative estimate of drug-likeness (QED) is 0.339. The average molecular weight is 427 g/mol. The maximum Gasteiger partial charge on any atom is 0.0679 e. The van der Waals surface area contributed by atoms with Crippen molar-refractivity contribution in [3.8, 4) is 0 Å². The normalized spacial score (nSPS) is 12.5. The Kier molecular flexibility index (Phi) is 13.1. The van der Waals surface area contributed by atoms with E-state index < -0.39 is 0 Å². The molecule has 0 radical (unpaired) electrons. The van der Waals surface area contributed by atoms with Gasteiger partial charge in [-0.2, -0.15) is 0 Å². The molecule has 172 valence electrons. The number of benzene rings is 2. The van der Waals surface area contributed by atoms with Crippen LogP contribution in [0.15, 0.2) is 60.7 Å². The molecule has 5 heteroatoms. The third-order valence-corrected chi connectivity index (χ3v) is 5.59. The highest BCUT2D eigenvalue weighted by atomic mass is 16.3. The summed E-state index contributed by atoms with van der Waals surface area (Å²) in [6.07, 6.45) is 4.78. The summed E-state index contributed by atoms with van der Waals surface area (Å²) < 4.78 is 0. The zero-order valence-corrected chi connectivity index (χ0v) is 19.0.